The number of aryl methyl sites for hydroxylation is 2. The van der Waals surface area contributed by atoms with Gasteiger partial charge in [-0.25, -0.2) is 9.97 Å². The zero-order valence-corrected chi connectivity index (χ0v) is 12.7. The minimum absolute atomic E-state index is 0.855. The molecule has 2 aromatic heterocycles. The zero-order valence-electron chi connectivity index (χ0n) is 11.9. The molecule has 0 saturated carbocycles. The van der Waals surface area contributed by atoms with Gasteiger partial charge in [-0.1, -0.05) is 23.8 Å². The van der Waals surface area contributed by atoms with Gasteiger partial charge in [-0.2, -0.15) is 0 Å². The molecule has 0 aliphatic carbocycles. The predicted molar refractivity (Wildman–Crippen MR) is 86.5 cm³/mol. The molecule has 4 heteroatoms. The lowest BCUT2D eigenvalue weighted by molar-refractivity contribution is 1.14. The fourth-order valence-corrected chi connectivity index (χ4v) is 3.40. The SMILES string of the molecule is CCNc1ncnc2scc(-c3ccc(C)cc3C)c12. The second-order valence-electron chi connectivity index (χ2n) is 4.90. The van der Waals surface area contributed by atoms with Gasteiger partial charge in [-0.3, -0.25) is 0 Å². The van der Waals surface area contributed by atoms with Crippen LogP contribution in [0, 0.1) is 13.8 Å². The highest BCUT2D eigenvalue weighted by molar-refractivity contribution is 7.17. The van der Waals surface area contributed by atoms with Gasteiger partial charge < -0.3 is 5.32 Å². The Morgan fingerprint density at radius 2 is 2.00 bits per heavy atom. The first-order valence-corrected chi connectivity index (χ1v) is 7.62. The highest BCUT2D eigenvalue weighted by atomic mass is 32.1. The van der Waals surface area contributed by atoms with Crippen molar-refractivity contribution in [2.45, 2.75) is 20.8 Å². The van der Waals surface area contributed by atoms with E-state index in [2.05, 4.69) is 59.6 Å². The Labute approximate surface area is 122 Å². The summed E-state index contributed by atoms with van der Waals surface area (Å²) in [6, 6.07) is 6.56. The molecule has 0 aliphatic rings. The molecule has 20 heavy (non-hydrogen) atoms. The molecule has 0 aliphatic heterocycles. The van der Waals surface area contributed by atoms with Crippen molar-refractivity contribution in [2.75, 3.05) is 11.9 Å². The number of nitrogens with one attached hydrogen (secondary N) is 1. The van der Waals surface area contributed by atoms with E-state index in [1.165, 1.54) is 22.3 Å². The Kier molecular flexibility index (Phi) is 3.40. The van der Waals surface area contributed by atoms with E-state index in [-0.39, 0.29) is 0 Å². The van der Waals surface area contributed by atoms with Crippen molar-refractivity contribution in [2.24, 2.45) is 0 Å². The van der Waals surface area contributed by atoms with Crippen molar-refractivity contribution in [3.63, 3.8) is 0 Å². The summed E-state index contributed by atoms with van der Waals surface area (Å²) < 4.78 is 0. The Balaban J connectivity index is 2.25. The van der Waals surface area contributed by atoms with Crippen molar-refractivity contribution in [3.8, 4) is 11.1 Å². The van der Waals surface area contributed by atoms with E-state index in [0.29, 0.717) is 0 Å². The molecular weight excluding hydrogens is 266 g/mol. The zero-order chi connectivity index (χ0) is 14.1. The molecule has 3 aromatic rings. The Hall–Kier alpha value is -1.94. The first-order chi connectivity index (χ1) is 9.70. The van der Waals surface area contributed by atoms with E-state index < -0.39 is 0 Å². The van der Waals surface area contributed by atoms with Gasteiger partial charge in [0.1, 0.15) is 17.0 Å². The highest BCUT2D eigenvalue weighted by Gasteiger charge is 2.13. The summed E-state index contributed by atoms with van der Waals surface area (Å²) >= 11 is 1.67. The summed E-state index contributed by atoms with van der Waals surface area (Å²) in [5.74, 6) is 0.925. The van der Waals surface area contributed by atoms with Crippen LogP contribution in [-0.2, 0) is 0 Å². The summed E-state index contributed by atoms with van der Waals surface area (Å²) in [6.45, 7) is 7.21. The number of hydrogen-bond donors (Lipinski definition) is 1. The van der Waals surface area contributed by atoms with Gasteiger partial charge in [-0.15, -0.1) is 11.3 Å². The monoisotopic (exact) mass is 283 g/mol. The van der Waals surface area contributed by atoms with Gasteiger partial charge in [-0.05, 0) is 31.9 Å². The van der Waals surface area contributed by atoms with Gasteiger partial charge in [0.25, 0.3) is 0 Å². The van der Waals surface area contributed by atoms with Crippen LogP contribution < -0.4 is 5.32 Å². The minimum atomic E-state index is 0.855. The highest BCUT2D eigenvalue weighted by Crippen LogP contribution is 2.37. The molecule has 3 rings (SSSR count). The lowest BCUT2D eigenvalue weighted by atomic mass is 9.99. The van der Waals surface area contributed by atoms with E-state index >= 15 is 0 Å². The number of aromatic nitrogens is 2. The fraction of sp³-hybridized carbons (Fsp3) is 0.250. The summed E-state index contributed by atoms with van der Waals surface area (Å²) in [6.07, 6.45) is 1.63. The Bertz CT molecular complexity index is 762. The van der Waals surface area contributed by atoms with Crippen LogP contribution in [0.2, 0.25) is 0 Å². The number of hydrogen-bond acceptors (Lipinski definition) is 4. The van der Waals surface area contributed by atoms with Crippen LogP contribution in [-0.4, -0.2) is 16.5 Å². The molecule has 0 atom stereocenters. The first kappa shape index (κ1) is 13.1. The minimum Gasteiger partial charge on any atom is -0.370 e. The van der Waals surface area contributed by atoms with Crippen LogP contribution >= 0.6 is 11.3 Å². The van der Waals surface area contributed by atoms with Crippen molar-refractivity contribution >= 4 is 27.4 Å². The molecule has 0 radical (unpaired) electrons. The molecule has 1 aromatic carbocycles. The summed E-state index contributed by atoms with van der Waals surface area (Å²) in [5.41, 5.74) is 5.06. The van der Waals surface area contributed by atoms with Gasteiger partial charge >= 0.3 is 0 Å². The number of anilines is 1. The topological polar surface area (TPSA) is 37.8 Å². The number of fused-ring (bicyclic) bond motifs is 1. The lowest BCUT2D eigenvalue weighted by Crippen LogP contribution is -2.00. The van der Waals surface area contributed by atoms with Crippen LogP contribution in [0.5, 0.6) is 0 Å². The molecule has 1 N–H and O–H groups in total. The maximum atomic E-state index is 4.39. The summed E-state index contributed by atoms with van der Waals surface area (Å²) in [5, 5.41) is 6.64. The Morgan fingerprint density at radius 3 is 2.75 bits per heavy atom. The second kappa shape index (κ2) is 5.21. The number of nitrogens with zero attached hydrogens (tertiary/aromatic N) is 2. The van der Waals surface area contributed by atoms with Gasteiger partial charge in [0.05, 0.1) is 5.39 Å². The third-order valence-electron chi connectivity index (χ3n) is 3.39. The number of benzene rings is 1. The first-order valence-electron chi connectivity index (χ1n) is 6.74. The van der Waals surface area contributed by atoms with Crippen LogP contribution in [0.15, 0.2) is 29.9 Å². The van der Waals surface area contributed by atoms with Crippen LogP contribution in [0.3, 0.4) is 0 Å². The summed E-state index contributed by atoms with van der Waals surface area (Å²) in [4.78, 5) is 9.80. The molecule has 0 saturated heterocycles. The normalized spacial score (nSPS) is 10.9. The molecule has 0 amide bonds. The quantitative estimate of drug-likeness (QED) is 0.774. The van der Waals surface area contributed by atoms with E-state index in [0.717, 1.165) is 22.6 Å². The van der Waals surface area contributed by atoms with Crippen LogP contribution in [0.4, 0.5) is 5.82 Å². The average Bonchev–Trinajstić information content (AvgIpc) is 2.84. The lowest BCUT2D eigenvalue weighted by Gasteiger charge is -2.09. The molecule has 0 spiro atoms. The standard InChI is InChI=1S/C16H17N3S/c1-4-17-15-14-13(8-20-16(14)19-9-18-15)12-6-5-10(2)7-11(12)3/h5-9H,4H2,1-3H3,(H,17,18,19). The molecule has 0 bridgehead atoms. The van der Waals surface area contributed by atoms with E-state index in [1.807, 2.05) is 0 Å². The van der Waals surface area contributed by atoms with Gasteiger partial charge in [0.2, 0.25) is 0 Å². The third kappa shape index (κ3) is 2.16. The van der Waals surface area contributed by atoms with E-state index in [9.17, 15) is 0 Å². The second-order valence-corrected chi connectivity index (χ2v) is 5.76. The van der Waals surface area contributed by atoms with Crippen molar-refractivity contribution in [1.29, 1.82) is 0 Å². The van der Waals surface area contributed by atoms with E-state index in [1.54, 1.807) is 17.7 Å². The number of rotatable bonds is 3. The van der Waals surface area contributed by atoms with Crippen LogP contribution in [0.25, 0.3) is 21.3 Å². The fourth-order valence-electron chi connectivity index (χ4n) is 2.49. The molecule has 2 heterocycles. The average molecular weight is 283 g/mol. The maximum absolute atomic E-state index is 4.39. The molecular formula is C16H17N3S. The molecule has 0 fully saturated rings. The predicted octanol–water partition coefficient (Wildman–Crippen LogP) is 4.41. The molecule has 3 nitrogen and oxygen atoms in total. The van der Waals surface area contributed by atoms with Crippen molar-refractivity contribution < 1.29 is 0 Å². The molecule has 102 valence electrons. The van der Waals surface area contributed by atoms with E-state index in [4.69, 9.17) is 0 Å². The van der Waals surface area contributed by atoms with Gasteiger partial charge in [0.15, 0.2) is 0 Å². The van der Waals surface area contributed by atoms with Gasteiger partial charge in [0, 0.05) is 17.5 Å². The smallest absolute Gasteiger partial charge is 0.138 e. The summed E-state index contributed by atoms with van der Waals surface area (Å²) in [7, 11) is 0. The number of thiophene rings is 1. The van der Waals surface area contributed by atoms with Crippen molar-refractivity contribution in [3.05, 3.63) is 41.0 Å². The molecule has 0 unspecified atom stereocenters. The van der Waals surface area contributed by atoms with Crippen LogP contribution in [0.1, 0.15) is 18.1 Å². The third-order valence-corrected chi connectivity index (χ3v) is 4.27. The van der Waals surface area contributed by atoms with Crippen molar-refractivity contribution in [1.82, 2.24) is 9.97 Å². The Morgan fingerprint density at radius 1 is 1.15 bits per heavy atom. The maximum Gasteiger partial charge on any atom is 0.138 e. The largest absolute Gasteiger partial charge is 0.370 e.